The number of benzene rings is 1. The highest BCUT2D eigenvalue weighted by Crippen LogP contribution is 2.15. The molecule has 2 N–H and O–H groups in total. The van der Waals surface area contributed by atoms with E-state index in [9.17, 15) is 4.79 Å². The average molecular weight is 250 g/mol. The van der Waals surface area contributed by atoms with Gasteiger partial charge in [0.25, 0.3) is 5.91 Å². The van der Waals surface area contributed by atoms with E-state index in [4.69, 9.17) is 10.5 Å². The second kappa shape index (κ2) is 7.71. The molecule has 0 aromatic heterocycles. The van der Waals surface area contributed by atoms with E-state index in [0.717, 1.165) is 18.6 Å². The monoisotopic (exact) mass is 250 g/mol. The van der Waals surface area contributed by atoms with Crippen molar-refractivity contribution >= 4 is 5.91 Å². The van der Waals surface area contributed by atoms with E-state index in [0.29, 0.717) is 25.3 Å². The summed E-state index contributed by atoms with van der Waals surface area (Å²) in [7, 11) is 1.79. The van der Waals surface area contributed by atoms with Crippen LogP contribution in [0.1, 0.15) is 30.1 Å². The third-order valence-corrected chi connectivity index (χ3v) is 2.60. The van der Waals surface area contributed by atoms with Crippen molar-refractivity contribution in [3.8, 4) is 5.75 Å². The van der Waals surface area contributed by atoms with Crippen LogP contribution in [0.2, 0.25) is 0 Å². The Hall–Kier alpha value is -1.55. The van der Waals surface area contributed by atoms with Gasteiger partial charge in [-0.2, -0.15) is 0 Å². The van der Waals surface area contributed by atoms with E-state index >= 15 is 0 Å². The first-order chi connectivity index (χ1) is 8.69. The van der Waals surface area contributed by atoms with E-state index in [1.165, 1.54) is 0 Å². The summed E-state index contributed by atoms with van der Waals surface area (Å²) in [5, 5.41) is 0. The molecule has 0 radical (unpaired) electrons. The van der Waals surface area contributed by atoms with Crippen molar-refractivity contribution in [1.29, 1.82) is 0 Å². The summed E-state index contributed by atoms with van der Waals surface area (Å²) >= 11 is 0. The maximum absolute atomic E-state index is 12.1. The fourth-order valence-corrected chi connectivity index (χ4v) is 1.59. The Morgan fingerprint density at radius 1 is 1.44 bits per heavy atom. The van der Waals surface area contributed by atoms with Crippen LogP contribution in [0, 0.1) is 0 Å². The summed E-state index contributed by atoms with van der Waals surface area (Å²) in [6, 6.07) is 7.30. The lowest BCUT2D eigenvalue weighted by molar-refractivity contribution is 0.0794. The zero-order valence-electron chi connectivity index (χ0n) is 11.2. The van der Waals surface area contributed by atoms with Crippen LogP contribution in [0.15, 0.2) is 24.3 Å². The first-order valence-electron chi connectivity index (χ1n) is 6.37. The molecule has 1 rings (SSSR count). The summed E-state index contributed by atoms with van der Waals surface area (Å²) in [4.78, 5) is 13.8. The average Bonchev–Trinajstić information content (AvgIpc) is 2.42. The number of rotatable bonds is 7. The first-order valence-corrected chi connectivity index (χ1v) is 6.37. The SMILES string of the molecule is CCCOc1cccc(C(=O)N(C)CCCN)c1. The largest absolute Gasteiger partial charge is 0.494 e. The van der Waals surface area contributed by atoms with E-state index in [1.54, 1.807) is 24.1 Å². The van der Waals surface area contributed by atoms with Crippen molar-refractivity contribution in [2.45, 2.75) is 19.8 Å². The van der Waals surface area contributed by atoms with Crippen molar-refractivity contribution in [3.63, 3.8) is 0 Å². The van der Waals surface area contributed by atoms with Gasteiger partial charge in [0.05, 0.1) is 6.61 Å². The molecular formula is C14H22N2O2. The molecule has 0 aliphatic heterocycles. The van der Waals surface area contributed by atoms with E-state index in [1.807, 2.05) is 12.1 Å². The number of carbonyl (C=O) groups excluding carboxylic acids is 1. The van der Waals surface area contributed by atoms with Gasteiger partial charge in [0.15, 0.2) is 0 Å². The van der Waals surface area contributed by atoms with Gasteiger partial charge in [-0.3, -0.25) is 4.79 Å². The molecule has 0 heterocycles. The minimum Gasteiger partial charge on any atom is -0.494 e. The van der Waals surface area contributed by atoms with Gasteiger partial charge in [-0.25, -0.2) is 0 Å². The summed E-state index contributed by atoms with van der Waals surface area (Å²) in [5.74, 6) is 0.750. The highest BCUT2D eigenvalue weighted by Gasteiger charge is 2.11. The molecule has 0 spiro atoms. The molecule has 100 valence electrons. The Kier molecular flexibility index (Phi) is 6.22. The maximum Gasteiger partial charge on any atom is 0.253 e. The molecule has 1 aromatic rings. The number of amides is 1. The molecule has 0 aliphatic carbocycles. The Balaban J connectivity index is 2.67. The van der Waals surface area contributed by atoms with Gasteiger partial charge in [-0.15, -0.1) is 0 Å². The topological polar surface area (TPSA) is 55.6 Å². The maximum atomic E-state index is 12.1. The molecule has 0 aliphatic rings. The van der Waals surface area contributed by atoms with Crippen LogP contribution in [0.25, 0.3) is 0 Å². The highest BCUT2D eigenvalue weighted by atomic mass is 16.5. The van der Waals surface area contributed by atoms with Crippen LogP contribution in [-0.4, -0.2) is 37.6 Å². The molecule has 0 saturated heterocycles. The summed E-state index contributed by atoms with van der Waals surface area (Å²) in [6.07, 6.45) is 1.77. The number of nitrogens with zero attached hydrogens (tertiary/aromatic N) is 1. The van der Waals surface area contributed by atoms with Crippen molar-refractivity contribution in [1.82, 2.24) is 4.90 Å². The van der Waals surface area contributed by atoms with Gasteiger partial charge in [0, 0.05) is 19.2 Å². The Morgan fingerprint density at radius 2 is 2.22 bits per heavy atom. The predicted molar refractivity (Wildman–Crippen MR) is 72.9 cm³/mol. The van der Waals surface area contributed by atoms with Crippen LogP contribution >= 0.6 is 0 Å². The number of ether oxygens (including phenoxy) is 1. The fourth-order valence-electron chi connectivity index (χ4n) is 1.59. The smallest absolute Gasteiger partial charge is 0.253 e. The molecule has 0 saturated carbocycles. The molecule has 0 bridgehead atoms. The second-order valence-corrected chi connectivity index (χ2v) is 4.25. The molecule has 18 heavy (non-hydrogen) atoms. The van der Waals surface area contributed by atoms with E-state index < -0.39 is 0 Å². The quantitative estimate of drug-likeness (QED) is 0.804. The zero-order valence-corrected chi connectivity index (χ0v) is 11.2. The molecule has 1 amide bonds. The molecule has 0 unspecified atom stereocenters. The van der Waals surface area contributed by atoms with Gasteiger partial charge in [0.1, 0.15) is 5.75 Å². The van der Waals surface area contributed by atoms with Crippen LogP contribution in [-0.2, 0) is 0 Å². The minimum atomic E-state index is 0.00500. The van der Waals surface area contributed by atoms with Gasteiger partial charge in [-0.1, -0.05) is 13.0 Å². The van der Waals surface area contributed by atoms with E-state index in [2.05, 4.69) is 6.92 Å². The number of nitrogens with two attached hydrogens (primary N) is 1. The number of carbonyl (C=O) groups is 1. The lowest BCUT2D eigenvalue weighted by Crippen LogP contribution is -2.28. The van der Waals surface area contributed by atoms with Crippen LogP contribution in [0.5, 0.6) is 5.75 Å². The Morgan fingerprint density at radius 3 is 2.89 bits per heavy atom. The third-order valence-electron chi connectivity index (χ3n) is 2.60. The zero-order chi connectivity index (χ0) is 13.4. The second-order valence-electron chi connectivity index (χ2n) is 4.25. The molecule has 4 nitrogen and oxygen atoms in total. The van der Waals surface area contributed by atoms with Crippen molar-refractivity contribution in [2.75, 3.05) is 26.7 Å². The van der Waals surface area contributed by atoms with Crippen LogP contribution in [0.4, 0.5) is 0 Å². The first kappa shape index (κ1) is 14.5. The Labute approximate surface area is 109 Å². The van der Waals surface area contributed by atoms with Crippen molar-refractivity contribution in [2.24, 2.45) is 5.73 Å². The summed E-state index contributed by atoms with van der Waals surface area (Å²) in [6.45, 7) is 3.99. The molecule has 1 aromatic carbocycles. The third kappa shape index (κ3) is 4.37. The number of hydrogen-bond donors (Lipinski definition) is 1. The van der Waals surface area contributed by atoms with Gasteiger partial charge in [0.2, 0.25) is 0 Å². The lowest BCUT2D eigenvalue weighted by Gasteiger charge is -2.17. The molecular weight excluding hydrogens is 228 g/mol. The van der Waals surface area contributed by atoms with Crippen LogP contribution in [0.3, 0.4) is 0 Å². The van der Waals surface area contributed by atoms with E-state index in [-0.39, 0.29) is 5.91 Å². The molecule has 4 heteroatoms. The van der Waals surface area contributed by atoms with Gasteiger partial charge >= 0.3 is 0 Å². The lowest BCUT2D eigenvalue weighted by atomic mass is 10.2. The molecule has 0 fully saturated rings. The van der Waals surface area contributed by atoms with Crippen LogP contribution < -0.4 is 10.5 Å². The fraction of sp³-hybridized carbons (Fsp3) is 0.500. The normalized spacial score (nSPS) is 10.2. The van der Waals surface area contributed by atoms with Crippen molar-refractivity contribution in [3.05, 3.63) is 29.8 Å². The predicted octanol–water partition coefficient (Wildman–Crippen LogP) is 1.90. The number of hydrogen-bond acceptors (Lipinski definition) is 3. The van der Waals surface area contributed by atoms with Gasteiger partial charge < -0.3 is 15.4 Å². The molecule has 0 atom stereocenters. The van der Waals surface area contributed by atoms with Crippen molar-refractivity contribution < 1.29 is 9.53 Å². The standard InChI is InChI=1S/C14H22N2O2/c1-3-10-18-13-7-4-6-12(11-13)14(17)16(2)9-5-8-15/h4,6-7,11H,3,5,8-10,15H2,1-2H3. The summed E-state index contributed by atoms with van der Waals surface area (Å²) < 4.78 is 5.52. The highest BCUT2D eigenvalue weighted by molar-refractivity contribution is 5.94. The minimum absolute atomic E-state index is 0.00500. The Bertz CT molecular complexity index is 380. The van der Waals surface area contributed by atoms with Gasteiger partial charge in [-0.05, 0) is 37.6 Å². The summed E-state index contributed by atoms with van der Waals surface area (Å²) in [5.41, 5.74) is 6.09.